The first kappa shape index (κ1) is 19.5. The number of rotatable bonds is 7. The number of benzene rings is 1. The zero-order chi connectivity index (χ0) is 18.4. The predicted molar refractivity (Wildman–Crippen MR) is 101 cm³/mol. The molecule has 0 aliphatic rings. The van der Waals surface area contributed by atoms with Crippen molar-refractivity contribution in [1.29, 1.82) is 0 Å². The van der Waals surface area contributed by atoms with Crippen LogP contribution >= 0.6 is 11.8 Å². The SMILES string of the molecule is COCCCn1c(SCC(=O)NC(C)(C)C)nc2ccccc2c1=O. The van der Waals surface area contributed by atoms with E-state index in [9.17, 15) is 9.59 Å². The number of ether oxygens (including phenoxy) is 1. The molecule has 7 heteroatoms. The maximum Gasteiger partial charge on any atom is 0.262 e. The Morgan fingerprint density at radius 1 is 1.32 bits per heavy atom. The van der Waals surface area contributed by atoms with Crippen molar-refractivity contribution in [3.63, 3.8) is 0 Å². The van der Waals surface area contributed by atoms with Crippen molar-refractivity contribution in [2.75, 3.05) is 19.5 Å². The molecule has 1 aromatic carbocycles. The van der Waals surface area contributed by atoms with E-state index in [-0.39, 0.29) is 22.8 Å². The molecule has 0 bridgehead atoms. The van der Waals surface area contributed by atoms with Crippen molar-refractivity contribution in [2.24, 2.45) is 0 Å². The maximum absolute atomic E-state index is 12.8. The van der Waals surface area contributed by atoms with Crippen LogP contribution < -0.4 is 10.9 Å². The first-order valence-corrected chi connectivity index (χ1v) is 9.23. The molecule has 0 saturated heterocycles. The molecule has 0 aliphatic heterocycles. The molecule has 2 aromatic rings. The van der Waals surface area contributed by atoms with Crippen LogP contribution in [0.5, 0.6) is 0 Å². The molecule has 0 atom stereocenters. The van der Waals surface area contributed by atoms with Gasteiger partial charge in [-0.3, -0.25) is 14.2 Å². The molecule has 0 saturated carbocycles. The van der Waals surface area contributed by atoms with Gasteiger partial charge in [0.25, 0.3) is 5.56 Å². The fourth-order valence-corrected chi connectivity index (χ4v) is 3.23. The molecule has 2 rings (SSSR count). The average Bonchev–Trinajstić information content (AvgIpc) is 2.54. The third-order valence-electron chi connectivity index (χ3n) is 3.40. The number of amides is 1. The summed E-state index contributed by atoms with van der Waals surface area (Å²) in [7, 11) is 1.63. The van der Waals surface area contributed by atoms with Crippen molar-refractivity contribution in [1.82, 2.24) is 14.9 Å². The first-order valence-electron chi connectivity index (χ1n) is 8.24. The summed E-state index contributed by atoms with van der Waals surface area (Å²) in [6.07, 6.45) is 0.707. The second-order valence-electron chi connectivity index (χ2n) is 6.80. The van der Waals surface area contributed by atoms with Gasteiger partial charge in [-0.25, -0.2) is 4.98 Å². The molecule has 1 amide bonds. The van der Waals surface area contributed by atoms with E-state index in [0.717, 1.165) is 0 Å². The van der Waals surface area contributed by atoms with Gasteiger partial charge in [-0.05, 0) is 39.3 Å². The number of carbonyl (C=O) groups is 1. The number of carbonyl (C=O) groups excluding carboxylic acids is 1. The molecule has 0 unspecified atom stereocenters. The summed E-state index contributed by atoms with van der Waals surface area (Å²) in [6.45, 7) is 6.88. The normalized spacial score (nSPS) is 11.7. The van der Waals surface area contributed by atoms with Crippen LogP contribution in [0.4, 0.5) is 0 Å². The van der Waals surface area contributed by atoms with Gasteiger partial charge in [0.05, 0.1) is 16.7 Å². The Bertz CT molecular complexity index is 796. The van der Waals surface area contributed by atoms with Gasteiger partial charge in [0, 0.05) is 25.8 Å². The van der Waals surface area contributed by atoms with Crippen LogP contribution in [0, 0.1) is 0 Å². The van der Waals surface area contributed by atoms with Crippen LogP contribution in [-0.4, -0.2) is 40.5 Å². The van der Waals surface area contributed by atoms with Gasteiger partial charge < -0.3 is 10.1 Å². The van der Waals surface area contributed by atoms with Crippen molar-refractivity contribution >= 4 is 28.6 Å². The Morgan fingerprint density at radius 2 is 2.04 bits per heavy atom. The quantitative estimate of drug-likeness (QED) is 0.465. The van der Waals surface area contributed by atoms with Crippen LogP contribution in [0.15, 0.2) is 34.2 Å². The Labute approximate surface area is 152 Å². The number of fused-ring (bicyclic) bond motifs is 1. The summed E-state index contributed by atoms with van der Waals surface area (Å²) in [5.41, 5.74) is 0.279. The lowest BCUT2D eigenvalue weighted by Gasteiger charge is -2.20. The standard InChI is InChI=1S/C18H25N3O3S/c1-18(2,3)20-15(22)12-25-17-19-14-9-6-5-8-13(14)16(23)21(17)10-7-11-24-4/h5-6,8-9H,7,10-12H2,1-4H3,(H,20,22). The zero-order valence-corrected chi connectivity index (χ0v) is 16.0. The summed E-state index contributed by atoms with van der Waals surface area (Å²) >= 11 is 1.28. The molecule has 0 spiro atoms. The number of nitrogens with one attached hydrogen (secondary N) is 1. The Hall–Kier alpha value is -1.86. The highest BCUT2D eigenvalue weighted by Crippen LogP contribution is 2.18. The molecule has 0 fully saturated rings. The number of thioether (sulfide) groups is 1. The van der Waals surface area contributed by atoms with Crippen LogP contribution in [0.3, 0.4) is 0 Å². The number of nitrogens with zero attached hydrogens (tertiary/aromatic N) is 2. The Balaban J connectivity index is 2.28. The molecule has 0 aliphatic carbocycles. The number of para-hydroxylation sites is 1. The molecule has 6 nitrogen and oxygen atoms in total. The van der Waals surface area contributed by atoms with Gasteiger partial charge in [-0.2, -0.15) is 0 Å². The highest BCUT2D eigenvalue weighted by Gasteiger charge is 2.16. The average molecular weight is 363 g/mol. The maximum atomic E-state index is 12.8. The van der Waals surface area contributed by atoms with Crippen molar-refractivity contribution in [3.05, 3.63) is 34.6 Å². The molecule has 136 valence electrons. The summed E-state index contributed by atoms with van der Waals surface area (Å²) in [4.78, 5) is 29.5. The third kappa shape index (κ3) is 5.57. The van der Waals surface area contributed by atoms with Gasteiger partial charge in [0.1, 0.15) is 0 Å². The van der Waals surface area contributed by atoms with Crippen LogP contribution in [0.2, 0.25) is 0 Å². The van der Waals surface area contributed by atoms with Gasteiger partial charge in [0.15, 0.2) is 5.16 Å². The Kier molecular flexibility index (Phi) is 6.61. The summed E-state index contributed by atoms with van der Waals surface area (Å²) in [5.74, 6) is 0.134. The van der Waals surface area contributed by atoms with Gasteiger partial charge in [-0.1, -0.05) is 23.9 Å². The van der Waals surface area contributed by atoms with E-state index in [1.807, 2.05) is 39.0 Å². The molecule has 25 heavy (non-hydrogen) atoms. The highest BCUT2D eigenvalue weighted by molar-refractivity contribution is 7.99. The molecular formula is C18H25N3O3S. The van der Waals surface area contributed by atoms with Crippen molar-refractivity contribution in [3.8, 4) is 0 Å². The molecular weight excluding hydrogens is 338 g/mol. The first-order chi connectivity index (χ1) is 11.8. The van der Waals surface area contributed by atoms with E-state index >= 15 is 0 Å². The molecule has 1 aromatic heterocycles. The second-order valence-corrected chi connectivity index (χ2v) is 7.74. The van der Waals surface area contributed by atoms with Crippen molar-refractivity contribution < 1.29 is 9.53 Å². The minimum absolute atomic E-state index is 0.0802. The molecule has 1 heterocycles. The number of aromatic nitrogens is 2. The second kappa shape index (κ2) is 8.49. The van der Waals surface area contributed by atoms with E-state index in [2.05, 4.69) is 10.3 Å². The van der Waals surface area contributed by atoms with Crippen LogP contribution in [0.25, 0.3) is 10.9 Å². The summed E-state index contributed by atoms with van der Waals surface area (Å²) < 4.78 is 6.71. The van der Waals surface area contributed by atoms with Crippen molar-refractivity contribution in [2.45, 2.75) is 44.4 Å². The van der Waals surface area contributed by atoms with E-state index in [4.69, 9.17) is 4.74 Å². The fraction of sp³-hybridized carbons (Fsp3) is 0.500. The summed E-state index contributed by atoms with van der Waals surface area (Å²) in [5, 5.41) is 4.06. The number of hydrogen-bond donors (Lipinski definition) is 1. The molecule has 0 radical (unpaired) electrons. The van der Waals surface area contributed by atoms with Gasteiger partial charge >= 0.3 is 0 Å². The Morgan fingerprint density at radius 3 is 2.72 bits per heavy atom. The lowest BCUT2D eigenvalue weighted by atomic mass is 10.1. The third-order valence-corrected chi connectivity index (χ3v) is 4.38. The molecule has 1 N–H and O–H groups in total. The number of hydrogen-bond acceptors (Lipinski definition) is 5. The van der Waals surface area contributed by atoms with Crippen LogP contribution in [-0.2, 0) is 16.1 Å². The smallest absolute Gasteiger partial charge is 0.262 e. The lowest BCUT2D eigenvalue weighted by Crippen LogP contribution is -2.41. The zero-order valence-electron chi connectivity index (χ0n) is 15.2. The lowest BCUT2D eigenvalue weighted by molar-refractivity contribution is -0.119. The van der Waals surface area contributed by atoms with Gasteiger partial charge in [0.2, 0.25) is 5.91 Å². The minimum atomic E-state index is -0.285. The largest absolute Gasteiger partial charge is 0.385 e. The predicted octanol–water partition coefficient (Wildman–Crippen LogP) is 2.44. The van der Waals surface area contributed by atoms with Gasteiger partial charge in [-0.15, -0.1) is 0 Å². The summed E-state index contributed by atoms with van der Waals surface area (Å²) in [6, 6.07) is 7.27. The van der Waals surface area contributed by atoms with E-state index in [1.54, 1.807) is 17.7 Å². The van der Waals surface area contributed by atoms with E-state index < -0.39 is 0 Å². The minimum Gasteiger partial charge on any atom is -0.385 e. The topological polar surface area (TPSA) is 73.2 Å². The fourth-order valence-electron chi connectivity index (χ4n) is 2.41. The number of methoxy groups -OCH3 is 1. The van der Waals surface area contributed by atoms with Crippen LogP contribution in [0.1, 0.15) is 27.2 Å². The van der Waals surface area contributed by atoms with E-state index in [1.165, 1.54) is 11.8 Å². The highest BCUT2D eigenvalue weighted by atomic mass is 32.2. The monoisotopic (exact) mass is 363 g/mol. The van der Waals surface area contributed by atoms with E-state index in [0.29, 0.717) is 35.6 Å².